The summed E-state index contributed by atoms with van der Waals surface area (Å²) >= 11 is 0. The van der Waals surface area contributed by atoms with Crippen LogP contribution in [-0.4, -0.2) is 4.57 Å². The van der Waals surface area contributed by atoms with Gasteiger partial charge in [0.15, 0.2) is 0 Å². The second kappa shape index (κ2) is 19.2. The molecule has 0 atom stereocenters. The van der Waals surface area contributed by atoms with Gasteiger partial charge < -0.3 is 14.4 Å². The molecule has 0 saturated heterocycles. The molecule has 0 aliphatic heterocycles. The molecule has 3 nitrogen and oxygen atoms in total. The molecule has 9 aromatic rings. The van der Waals surface area contributed by atoms with Crippen molar-refractivity contribution in [2.75, 3.05) is 9.80 Å². The fourth-order valence-electron chi connectivity index (χ4n) is 8.49. The molecule has 318 valence electrons. The minimum atomic E-state index is 0.912. The predicted octanol–water partition coefficient (Wildman–Crippen LogP) is 17.4. The Morgan fingerprint density at radius 3 is 0.846 bits per heavy atom. The lowest BCUT2D eigenvalue weighted by Gasteiger charge is -2.25. The summed E-state index contributed by atoms with van der Waals surface area (Å²) in [4.78, 5) is 4.62. The van der Waals surface area contributed by atoms with Crippen molar-refractivity contribution < 1.29 is 0 Å². The van der Waals surface area contributed by atoms with E-state index in [0.717, 1.165) is 51.8 Å². The smallest absolute Gasteiger partial charge is 0.0491 e. The van der Waals surface area contributed by atoms with Gasteiger partial charge in [0.2, 0.25) is 0 Å². The van der Waals surface area contributed by atoms with E-state index in [1.54, 1.807) is 0 Å². The fraction of sp³-hybridized carbons (Fsp3) is 0.0968. The first kappa shape index (κ1) is 42.4. The van der Waals surface area contributed by atoms with Gasteiger partial charge in [-0.15, -0.1) is 0 Å². The van der Waals surface area contributed by atoms with E-state index in [1.165, 1.54) is 55.2 Å². The minimum absolute atomic E-state index is 0.912. The highest BCUT2D eigenvalue weighted by Crippen LogP contribution is 2.37. The number of benzene rings is 8. The van der Waals surface area contributed by atoms with Crippen LogP contribution in [0.3, 0.4) is 0 Å². The maximum Gasteiger partial charge on any atom is 0.0491 e. The fourth-order valence-corrected chi connectivity index (χ4v) is 8.49. The Hall–Kier alpha value is -7.88. The highest BCUT2D eigenvalue weighted by atomic mass is 15.1. The predicted molar refractivity (Wildman–Crippen MR) is 282 cm³/mol. The van der Waals surface area contributed by atoms with Gasteiger partial charge in [0.25, 0.3) is 0 Å². The third-order valence-corrected chi connectivity index (χ3v) is 12.1. The van der Waals surface area contributed by atoms with E-state index in [-0.39, 0.29) is 0 Å². The average Bonchev–Trinajstić information content (AvgIpc) is 3.65. The molecule has 65 heavy (non-hydrogen) atoms. The molecule has 0 N–H and O–H groups in total. The van der Waals surface area contributed by atoms with Gasteiger partial charge in [0.05, 0.1) is 0 Å². The SMILES string of the molecule is CCn1c2ccc(/C=C/C=C/c3ccc(N(c4ccc(C)cc4)c4ccc(C)cc4)cc3)cc2c2cc(/C=C/C=C/c3ccc(N(c4ccc(C)cc4)c4ccc(C)cc4)cc3)ccc21. The topological polar surface area (TPSA) is 11.4 Å². The number of aromatic nitrogens is 1. The second-order valence-electron chi connectivity index (χ2n) is 16.9. The molecular formula is C62H55N3. The van der Waals surface area contributed by atoms with Gasteiger partial charge in [-0.3, -0.25) is 0 Å². The number of fused-ring (bicyclic) bond motifs is 3. The molecule has 3 heteroatoms. The highest BCUT2D eigenvalue weighted by molar-refractivity contribution is 6.09. The molecule has 8 aromatic carbocycles. The summed E-state index contributed by atoms with van der Waals surface area (Å²) in [7, 11) is 0. The molecule has 1 heterocycles. The molecule has 0 spiro atoms. The highest BCUT2D eigenvalue weighted by Gasteiger charge is 2.14. The minimum Gasteiger partial charge on any atom is -0.341 e. The number of anilines is 6. The zero-order chi connectivity index (χ0) is 44.7. The van der Waals surface area contributed by atoms with Crippen molar-refractivity contribution in [3.8, 4) is 0 Å². The van der Waals surface area contributed by atoms with Crippen molar-refractivity contribution in [1.82, 2.24) is 4.57 Å². The molecule has 0 aliphatic rings. The van der Waals surface area contributed by atoms with Gasteiger partial charge in [-0.25, -0.2) is 0 Å². The second-order valence-corrected chi connectivity index (χ2v) is 16.9. The molecule has 0 aliphatic carbocycles. The van der Waals surface area contributed by atoms with E-state index in [4.69, 9.17) is 0 Å². The van der Waals surface area contributed by atoms with Crippen LogP contribution in [0.5, 0.6) is 0 Å². The quantitative estimate of drug-likeness (QED) is 0.107. The first-order valence-corrected chi connectivity index (χ1v) is 22.6. The van der Waals surface area contributed by atoms with Crippen molar-refractivity contribution in [3.05, 3.63) is 251 Å². The summed E-state index contributed by atoms with van der Waals surface area (Å²) in [5.74, 6) is 0. The Kier molecular flexibility index (Phi) is 12.6. The molecule has 0 saturated carbocycles. The van der Waals surface area contributed by atoms with E-state index in [9.17, 15) is 0 Å². The molecule has 0 bridgehead atoms. The van der Waals surface area contributed by atoms with Crippen LogP contribution in [0.1, 0.15) is 51.4 Å². The lowest BCUT2D eigenvalue weighted by Crippen LogP contribution is -2.09. The molecule has 0 amide bonds. The third kappa shape index (κ3) is 9.71. The molecule has 0 unspecified atom stereocenters. The van der Waals surface area contributed by atoms with Crippen LogP contribution in [0.15, 0.2) is 206 Å². The zero-order valence-electron chi connectivity index (χ0n) is 38.0. The molecule has 9 rings (SSSR count). The van der Waals surface area contributed by atoms with Crippen molar-refractivity contribution >= 4 is 80.2 Å². The molecule has 0 radical (unpaired) electrons. The Morgan fingerprint density at radius 2 is 0.569 bits per heavy atom. The Labute approximate surface area is 384 Å². The Morgan fingerprint density at radius 1 is 0.323 bits per heavy atom. The number of hydrogen-bond acceptors (Lipinski definition) is 2. The van der Waals surface area contributed by atoms with Gasteiger partial charge in [-0.05, 0) is 154 Å². The Bertz CT molecular complexity index is 2850. The normalized spacial score (nSPS) is 11.9. The standard InChI is InChI=1S/C62H55N3/c1-6-63-61-41-27-51(13-9-7-11-49-23-37-57(38-24-49)64(53-29-15-45(2)16-30-53)54-31-17-46(3)18-32-54)43-59(61)60-44-52(28-42-62(60)63)14-10-8-12-50-25-39-58(40-26-50)65(55-33-19-47(4)20-34-55)56-35-21-48(5)22-36-56/h7-44H,6H2,1-5H3/b11-7+,12-8+,13-9+,14-10+. The van der Waals surface area contributed by atoms with E-state index in [2.05, 4.69) is 280 Å². The molecule has 0 fully saturated rings. The molecular weight excluding hydrogens is 787 g/mol. The summed E-state index contributed by atoms with van der Waals surface area (Å²) in [6.07, 6.45) is 17.2. The average molecular weight is 842 g/mol. The molecule has 1 aromatic heterocycles. The van der Waals surface area contributed by atoms with Crippen LogP contribution < -0.4 is 9.80 Å². The zero-order valence-corrected chi connectivity index (χ0v) is 38.0. The lowest BCUT2D eigenvalue weighted by molar-refractivity contribution is 0.827. The number of nitrogens with zero attached hydrogens (tertiary/aromatic N) is 3. The largest absolute Gasteiger partial charge is 0.341 e. The summed E-state index contributed by atoms with van der Waals surface area (Å²) < 4.78 is 2.41. The maximum absolute atomic E-state index is 2.41. The van der Waals surface area contributed by atoms with Crippen LogP contribution in [0, 0.1) is 27.7 Å². The first-order chi connectivity index (χ1) is 31.8. The van der Waals surface area contributed by atoms with Gasteiger partial charge in [-0.2, -0.15) is 0 Å². The lowest BCUT2D eigenvalue weighted by atomic mass is 10.1. The van der Waals surface area contributed by atoms with Crippen LogP contribution in [0.25, 0.3) is 46.1 Å². The number of rotatable bonds is 13. The maximum atomic E-state index is 2.41. The van der Waals surface area contributed by atoms with E-state index >= 15 is 0 Å². The van der Waals surface area contributed by atoms with Crippen molar-refractivity contribution in [3.63, 3.8) is 0 Å². The van der Waals surface area contributed by atoms with Crippen LogP contribution in [-0.2, 0) is 6.54 Å². The summed E-state index contributed by atoms with van der Waals surface area (Å²) in [6.45, 7) is 11.6. The first-order valence-electron chi connectivity index (χ1n) is 22.6. The van der Waals surface area contributed by atoms with Gasteiger partial charge in [0.1, 0.15) is 0 Å². The van der Waals surface area contributed by atoms with Crippen LogP contribution in [0.4, 0.5) is 34.1 Å². The van der Waals surface area contributed by atoms with Crippen molar-refractivity contribution in [2.45, 2.75) is 41.2 Å². The monoisotopic (exact) mass is 841 g/mol. The van der Waals surface area contributed by atoms with E-state index < -0.39 is 0 Å². The van der Waals surface area contributed by atoms with Crippen molar-refractivity contribution in [1.29, 1.82) is 0 Å². The summed E-state index contributed by atoms with van der Waals surface area (Å²) in [5.41, 5.74) is 19.0. The van der Waals surface area contributed by atoms with Gasteiger partial charge >= 0.3 is 0 Å². The Balaban J connectivity index is 0.891. The van der Waals surface area contributed by atoms with Crippen LogP contribution >= 0.6 is 0 Å². The number of aryl methyl sites for hydroxylation is 5. The van der Waals surface area contributed by atoms with Gasteiger partial charge in [0, 0.05) is 62.5 Å². The third-order valence-electron chi connectivity index (χ3n) is 12.1. The summed E-state index contributed by atoms with van der Waals surface area (Å²) in [6, 6.07) is 66.0. The van der Waals surface area contributed by atoms with Gasteiger partial charge in [-0.1, -0.05) is 156 Å². The van der Waals surface area contributed by atoms with E-state index in [0.29, 0.717) is 0 Å². The van der Waals surface area contributed by atoms with E-state index in [1.807, 2.05) is 0 Å². The number of hydrogen-bond donors (Lipinski definition) is 0. The number of allylic oxidation sites excluding steroid dienone is 4. The van der Waals surface area contributed by atoms with Crippen molar-refractivity contribution in [2.24, 2.45) is 0 Å². The summed E-state index contributed by atoms with van der Waals surface area (Å²) in [5, 5.41) is 2.54. The van der Waals surface area contributed by atoms with Crippen LogP contribution in [0.2, 0.25) is 0 Å².